The van der Waals surface area contributed by atoms with Gasteiger partial charge in [0.15, 0.2) is 5.78 Å². The van der Waals surface area contributed by atoms with Crippen LogP contribution in [0.1, 0.15) is 46.5 Å². The molecule has 3 saturated carbocycles. The van der Waals surface area contributed by atoms with Crippen molar-refractivity contribution in [3.63, 3.8) is 0 Å². The molecule has 3 fully saturated rings. The van der Waals surface area contributed by atoms with E-state index < -0.39 is 0 Å². The van der Waals surface area contributed by atoms with E-state index in [4.69, 9.17) is 0 Å². The summed E-state index contributed by atoms with van der Waals surface area (Å²) in [5.41, 5.74) is 2.30. The highest BCUT2D eigenvalue weighted by Crippen LogP contribution is 2.65. The van der Waals surface area contributed by atoms with Gasteiger partial charge in [0.05, 0.1) is 0 Å². The molecule has 0 aliphatic heterocycles. The van der Waals surface area contributed by atoms with E-state index in [9.17, 15) is 9.59 Å². The second-order valence-corrected chi connectivity index (χ2v) is 8.57. The summed E-state index contributed by atoms with van der Waals surface area (Å²) in [6.45, 7) is 11.1. The molecule has 0 bridgehead atoms. The van der Waals surface area contributed by atoms with E-state index in [1.54, 1.807) is 6.08 Å². The van der Waals surface area contributed by atoms with Crippen LogP contribution < -0.4 is 0 Å². The molecule has 6 atom stereocenters. The normalized spacial score (nSPS) is 48.7. The number of carbonyl (C=O) groups excluding carboxylic acids is 2. The van der Waals surface area contributed by atoms with E-state index in [1.165, 1.54) is 11.1 Å². The van der Waals surface area contributed by atoms with E-state index >= 15 is 0 Å². The zero-order valence-electron chi connectivity index (χ0n) is 14.4. The maximum absolute atomic E-state index is 12.5. The Kier molecular flexibility index (Phi) is 2.99. The first-order valence-corrected chi connectivity index (χ1v) is 8.96. The molecule has 122 valence electrons. The predicted octanol–water partition coefficient (Wildman–Crippen LogP) is 4.28. The summed E-state index contributed by atoms with van der Waals surface area (Å²) in [6.07, 6.45) is 9.53. The molecule has 2 heteroatoms. The molecule has 4 rings (SSSR count). The van der Waals surface area contributed by atoms with Crippen LogP contribution in [0.25, 0.3) is 0 Å². The lowest BCUT2D eigenvalue weighted by Crippen LogP contribution is -2.52. The molecule has 23 heavy (non-hydrogen) atoms. The van der Waals surface area contributed by atoms with Gasteiger partial charge in [0.1, 0.15) is 5.78 Å². The van der Waals surface area contributed by atoms with Gasteiger partial charge in [0.25, 0.3) is 0 Å². The van der Waals surface area contributed by atoms with Gasteiger partial charge in [-0.1, -0.05) is 39.0 Å². The Hall–Kier alpha value is -1.44. The quantitative estimate of drug-likeness (QED) is 0.626. The highest BCUT2D eigenvalue weighted by molar-refractivity contribution is 6.01. The molecule has 0 heterocycles. The van der Waals surface area contributed by atoms with Crippen LogP contribution in [0.5, 0.6) is 0 Å². The van der Waals surface area contributed by atoms with E-state index in [2.05, 4.69) is 33.4 Å². The minimum atomic E-state index is -0.143. The highest BCUT2D eigenvalue weighted by Gasteiger charge is 2.60. The van der Waals surface area contributed by atoms with Crippen LogP contribution in [0, 0.1) is 34.5 Å². The number of allylic oxidation sites excluding steroid dienone is 5. The van der Waals surface area contributed by atoms with Crippen molar-refractivity contribution in [1.29, 1.82) is 0 Å². The lowest BCUT2D eigenvalue weighted by molar-refractivity contribution is -0.130. The average Bonchev–Trinajstić information content (AvgIpc) is 2.82. The minimum absolute atomic E-state index is 0.0495. The number of hydrogen-bond donors (Lipinski definition) is 0. The van der Waals surface area contributed by atoms with Crippen molar-refractivity contribution in [2.45, 2.75) is 46.5 Å². The van der Waals surface area contributed by atoms with Crippen LogP contribution in [0.3, 0.4) is 0 Å². The number of hydrogen-bond acceptors (Lipinski definition) is 2. The molecular weight excluding hydrogens is 284 g/mol. The van der Waals surface area contributed by atoms with Crippen LogP contribution in [-0.2, 0) is 9.59 Å². The molecule has 1 unspecified atom stereocenters. The fourth-order valence-electron chi connectivity index (χ4n) is 6.23. The molecule has 0 radical (unpaired) electrons. The largest absolute Gasteiger partial charge is 0.299 e. The van der Waals surface area contributed by atoms with E-state index in [0.29, 0.717) is 23.5 Å². The smallest absolute Gasteiger partial charge is 0.178 e. The standard InChI is InChI=1S/C21H26O2/c1-12-13(2)19-15-5-6-18(23)21(15,4)10-8-16(19)20(3)9-7-14(22)11-17(12)20/h7,9,11-12,15-16,19H,2,5-6,8,10H2,1,3-4H3/t12?,15-,16-,19-,20+,21-/m0/s1. The van der Waals surface area contributed by atoms with Crippen molar-refractivity contribution >= 4 is 11.6 Å². The van der Waals surface area contributed by atoms with E-state index in [0.717, 1.165) is 25.7 Å². The highest BCUT2D eigenvalue weighted by atomic mass is 16.1. The van der Waals surface area contributed by atoms with E-state index in [1.807, 2.05) is 6.08 Å². The van der Waals surface area contributed by atoms with Gasteiger partial charge in [-0.15, -0.1) is 0 Å². The first kappa shape index (κ1) is 15.1. The van der Waals surface area contributed by atoms with Gasteiger partial charge >= 0.3 is 0 Å². The summed E-state index contributed by atoms with van der Waals surface area (Å²) >= 11 is 0. The van der Waals surface area contributed by atoms with Gasteiger partial charge in [-0.2, -0.15) is 0 Å². The molecule has 2 nitrogen and oxygen atoms in total. The third-order valence-electron chi connectivity index (χ3n) is 7.71. The Morgan fingerprint density at radius 3 is 2.65 bits per heavy atom. The maximum Gasteiger partial charge on any atom is 0.178 e. The van der Waals surface area contributed by atoms with Gasteiger partial charge in [-0.25, -0.2) is 0 Å². The zero-order valence-corrected chi connectivity index (χ0v) is 14.4. The fraction of sp³-hybridized carbons (Fsp3) is 0.619. The minimum Gasteiger partial charge on any atom is -0.299 e. The SMILES string of the molecule is C=C1C(C)C2=CC(=O)C=C[C@]2(C)[C@H]2CC[C@]3(C)C(=O)CC[C@H]3[C@H]12. The summed E-state index contributed by atoms with van der Waals surface area (Å²) in [4.78, 5) is 24.4. The predicted molar refractivity (Wildman–Crippen MR) is 90.7 cm³/mol. The Labute approximate surface area is 138 Å². The van der Waals surface area contributed by atoms with Crippen molar-refractivity contribution in [3.05, 3.63) is 36.0 Å². The molecule has 0 saturated heterocycles. The second-order valence-electron chi connectivity index (χ2n) is 8.57. The molecule has 4 aliphatic rings. The number of Topliss-reactive ketones (excluding diaryl/α,β-unsaturated/α-hetero) is 1. The summed E-state index contributed by atoms with van der Waals surface area (Å²) in [5, 5.41) is 0. The van der Waals surface area contributed by atoms with Crippen LogP contribution in [0.15, 0.2) is 36.0 Å². The maximum atomic E-state index is 12.5. The van der Waals surface area contributed by atoms with Gasteiger partial charge in [0.2, 0.25) is 0 Å². The Morgan fingerprint density at radius 2 is 1.91 bits per heavy atom. The number of ketones is 2. The van der Waals surface area contributed by atoms with Gasteiger partial charge < -0.3 is 0 Å². The summed E-state index contributed by atoms with van der Waals surface area (Å²) < 4.78 is 0. The number of rotatable bonds is 0. The van der Waals surface area contributed by atoms with Crippen molar-refractivity contribution in [3.8, 4) is 0 Å². The van der Waals surface area contributed by atoms with Gasteiger partial charge in [-0.3, -0.25) is 9.59 Å². The van der Waals surface area contributed by atoms with Gasteiger partial charge in [0, 0.05) is 17.3 Å². The number of fused-ring (bicyclic) bond motifs is 5. The Bertz CT molecular complexity index is 682. The monoisotopic (exact) mass is 310 g/mol. The topological polar surface area (TPSA) is 34.1 Å². The van der Waals surface area contributed by atoms with Crippen LogP contribution in [0.4, 0.5) is 0 Å². The summed E-state index contributed by atoms with van der Waals surface area (Å²) in [5.74, 6) is 2.12. The molecule has 4 aliphatic carbocycles. The Morgan fingerprint density at radius 1 is 1.17 bits per heavy atom. The van der Waals surface area contributed by atoms with Crippen LogP contribution >= 0.6 is 0 Å². The second kappa shape index (κ2) is 4.55. The molecular formula is C21H26O2. The molecule has 0 aromatic carbocycles. The summed E-state index contributed by atoms with van der Waals surface area (Å²) in [7, 11) is 0. The molecule has 0 aromatic rings. The Balaban J connectivity index is 1.83. The molecule has 0 amide bonds. The zero-order chi connectivity index (χ0) is 16.6. The average molecular weight is 310 g/mol. The summed E-state index contributed by atoms with van der Waals surface area (Å²) in [6, 6.07) is 0. The lowest BCUT2D eigenvalue weighted by atomic mass is 9.45. The van der Waals surface area contributed by atoms with Crippen LogP contribution in [-0.4, -0.2) is 11.6 Å². The molecule has 0 N–H and O–H groups in total. The molecule has 0 aromatic heterocycles. The van der Waals surface area contributed by atoms with Crippen molar-refractivity contribution < 1.29 is 9.59 Å². The van der Waals surface area contributed by atoms with E-state index in [-0.39, 0.29) is 22.5 Å². The van der Waals surface area contributed by atoms with Crippen molar-refractivity contribution in [1.82, 2.24) is 0 Å². The van der Waals surface area contributed by atoms with Crippen molar-refractivity contribution in [2.75, 3.05) is 0 Å². The third-order valence-corrected chi connectivity index (χ3v) is 7.71. The molecule has 0 spiro atoms. The fourth-order valence-corrected chi connectivity index (χ4v) is 6.23. The first-order chi connectivity index (χ1) is 10.8. The first-order valence-electron chi connectivity index (χ1n) is 8.96. The van der Waals surface area contributed by atoms with Crippen LogP contribution in [0.2, 0.25) is 0 Å². The third kappa shape index (κ3) is 1.75. The lowest BCUT2D eigenvalue weighted by Gasteiger charge is -2.58. The number of carbonyl (C=O) groups is 2. The van der Waals surface area contributed by atoms with Crippen molar-refractivity contribution in [2.24, 2.45) is 34.5 Å². The van der Waals surface area contributed by atoms with Gasteiger partial charge in [-0.05, 0) is 60.7 Å².